The fourth-order valence-corrected chi connectivity index (χ4v) is 4.47. The van der Waals surface area contributed by atoms with Crippen molar-refractivity contribution in [3.05, 3.63) is 47.8 Å². The van der Waals surface area contributed by atoms with Gasteiger partial charge in [0.15, 0.2) is 5.82 Å². The lowest BCUT2D eigenvalue weighted by molar-refractivity contribution is 0.0161. The van der Waals surface area contributed by atoms with Gasteiger partial charge in [0.25, 0.3) is 0 Å². The number of benzene rings is 1. The lowest BCUT2D eigenvalue weighted by atomic mass is 9.84. The van der Waals surface area contributed by atoms with Gasteiger partial charge in [0.2, 0.25) is 0 Å². The molecule has 168 valence electrons. The average Bonchev–Trinajstić information content (AvgIpc) is 2.81. The zero-order valence-corrected chi connectivity index (χ0v) is 19.3. The van der Waals surface area contributed by atoms with Crippen LogP contribution in [0.25, 0.3) is 11.4 Å². The Morgan fingerprint density at radius 2 is 1.58 bits per heavy atom. The van der Waals surface area contributed by atoms with Gasteiger partial charge < -0.3 is 4.74 Å². The number of aryl methyl sites for hydroxylation is 1. The molecule has 2 aromatic rings. The molecule has 0 amide bonds. The Morgan fingerprint density at radius 3 is 2.23 bits per heavy atom. The van der Waals surface area contributed by atoms with Gasteiger partial charge in [0.05, 0.1) is 5.56 Å². The van der Waals surface area contributed by atoms with Crippen molar-refractivity contribution in [1.29, 1.82) is 0 Å². The fourth-order valence-electron chi connectivity index (χ4n) is 4.47. The van der Waals surface area contributed by atoms with Crippen molar-refractivity contribution >= 4 is 5.97 Å². The van der Waals surface area contributed by atoms with Crippen molar-refractivity contribution in [2.24, 2.45) is 5.92 Å². The van der Waals surface area contributed by atoms with Crippen molar-refractivity contribution in [2.45, 2.75) is 97.0 Å². The quantitative estimate of drug-likeness (QED) is 0.284. The largest absolute Gasteiger partial charge is 0.459 e. The molecule has 0 radical (unpaired) electrons. The third kappa shape index (κ3) is 7.45. The van der Waals surface area contributed by atoms with Gasteiger partial charge >= 0.3 is 5.97 Å². The maximum absolute atomic E-state index is 12.6. The Hall–Kier alpha value is -2.23. The van der Waals surface area contributed by atoms with Crippen LogP contribution >= 0.6 is 0 Å². The molecule has 1 heterocycles. The van der Waals surface area contributed by atoms with E-state index in [4.69, 9.17) is 4.74 Å². The third-order valence-corrected chi connectivity index (χ3v) is 6.41. The molecule has 4 nitrogen and oxygen atoms in total. The van der Waals surface area contributed by atoms with Crippen molar-refractivity contribution < 1.29 is 9.53 Å². The van der Waals surface area contributed by atoms with E-state index >= 15 is 0 Å². The summed E-state index contributed by atoms with van der Waals surface area (Å²) in [4.78, 5) is 21.5. The molecule has 1 saturated carbocycles. The predicted octanol–water partition coefficient (Wildman–Crippen LogP) is 7.17. The highest BCUT2D eigenvalue weighted by Gasteiger charge is 2.24. The standard InChI is InChI=1S/C27H38N2O2/c1-3-5-6-7-8-10-21-11-17-25(18-12-21)31-27(30)24-15-13-23(14-16-24)26-28-19-22(9-4-2)20-29-26/h13-16,19-21,25H,3-12,17-18H2,1-2H3/t21-,25-. The highest BCUT2D eigenvalue weighted by atomic mass is 16.5. The van der Waals surface area contributed by atoms with Gasteiger partial charge in [-0.1, -0.05) is 70.9 Å². The number of rotatable bonds is 11. The number of aromatic nitrogens is 2. The normalized spacial score (nSPS) is 18.6. The zero-order chi connectivity index (χ0) is 21.9. The van der Waals surface area contributed by atoms with E-state index in [0.29, 0.717) is 11.4 Å². The molecule has 0 unspecified atom stereocenters. The second-order valence-corrected chi connectivity index (χ2v) is 8.99. The summed E-state index contributed by atoms with van der Waals surface area (Å²) < 4.78 is 5.80. The maximum atomic E-state index is 12.6. The Bertz CT molecular complexity index is 778. The molecule has 1 aliphatic carbocycles. The minimum absolute atomic E-state index is 0.0676. The van der Waals surface area contributed by atoms with Crippen molar-refractivity contribution in [3.63, 3.8) is 0 Å². The molecule has 0 atom stereocenters. The molecule has 31 heavy (non-hydrogen) atoms. The SMILES string of the molecule is CCCCCCC[C@H]1CC[C@H](OC(=O)c2ccc(-c3ncc(CCC)cn3)cc2)CC1. The van der Waals surface area contributed by atoms with Crippen LogP contribution in [-0.4, -0.2) is 22.0 Å². The van der Waals surface area contributed by atoms with Crippen LogP contribution in [0.15, 0.2) is 36.7 Å². The van der Waals surface area contributed by atoms with E-state index in [1.54, 1.807) is 0 Å². The number of ether oxygens (including phenoxy) is 1. The lowest BCUT2D eigenvalue weighted by Crippen LogP contribution is -2.24. The third-order valence-electron chi connectivity index (χ3n) is 6.41. The van der Waals surface area contributed by atoms with Crippen molar-refractivity contribution in [2.75, 3.05) is 0 Å². The van der Waals surface area contributed by atoms with Gasteiger partial charge in [-0.2, -0.15) is 0 Å². The lowest BCUT2D eigenvalue weighted by Gasteiger charge is -2.28. The first kappa shape index (κ1) is 23.4. The molecule has 0 aliphatic heterocycles. The predicted molar refractivity (Wildman–Crippen MR) is 126 cm³/mol. The van der Waals surface area contributed by atoms with Gasteiger partial charge in [-0.15, -0.1) is 0 Å². The first-order valence-electron chi connectivity index (χ1n) is 12.3. The molecule has 1 aromatic carbocycles. The van der Waals surface area contributed by atoms with E-state index in [9.17, 15) is 4.79 Å². The first-order chi connectivity index (χ1) is 15.2. The second kappa shape index (κ2) is 12.6. The van der Waals surface area contributed by atoms with Crippen LogP contribution in [0.1, 0.15) is 100 Å². The van der Waals surface area contributed by atoms with Crippen molar-refractivity contribution in [3.8, 4) is 11.4 Å². The van der Waals surface area contributed by atoms with Gasteiger partial charge in [0.1, 0.15) is 6.10 Å². The highest BCUT2D eigenvalue weighted by Crippen LogP contribution is 2.30. The number of unbranched alkanes of at least 4 members (excludes halogenated alkanes) is 4. The molecular formula is C27H38N2O2. The van der Waals surface area contributed by atoms with Crippen LogP contribution in [0.5, 0.6) is 0 Å². The number of hydrogen-bond acceptors (Lipinski definition) is 4. The molecular weight excluding hydrogens is 384 g/mol. The average molecular weight is 423 g/mol. The van der Waals surface area contributed by atoms with Crippen LogP contribution in [0.2, 0.25) is 0 Å². The topological polar surface area (TPSA) is 52.1 Å². The molecule has 4 heteroatoms. The Labute approximate surface area is 187 Å². The number of carbonyl (C=O) groups excluding carboxylic acids is 1. The Kier molecular flexibility index (Phi) is 9.51. The molecule has 0 spiro atoms. The van der Waals surface area contributed by atoms with Crippen molar-refractivity contribution in [1.82, 2.24) is 9.97 Å². The molecule has 3 rings (SSSR count). The van der Waals surface area contributed by atoms with E-state index in [2.05, 4.69) is 23.8 Å². The van der Waals surface area contributed by atoms with Crippen LogP contribution < -0.4 is 0 Å². The van der Waals surface area contributed by atoms with E-state index in [1.807, 2.05) is 36.7 Å². The monoisotopic (exact) mass is 422 g/mol. The van der Waals surface area contributed by atoms with E-state index in [1.165, 1.54) is 51.4 Å². The maximum Gasteiger partial charge on any atom is 0.338 e. The Morgan fingerprint density at radius 1 is 0.903 bits per heavy atom. The van der Waals surface area contributed by atoms with E-state index < -0.39 is 0 Å². The minimum Gasteiger partial charge on any atom is -0.459 e. The summed E-state index contributed by atoms with van der Waals surface area (Å²) in [5.41, 5.74) is 2.67. The summed E-state index contributed by atoms with van der Waals surface area (Å²) >= 11 is 0. The van der Waals surface area contributed by atoms with Gasteiger partial charge in [-0.05, 0) is 55.7 Å². The summed E-state index contributed by atoms with van der Waals surface area (Å²) in [6.07, 6.45) is 18.4. The first-order valence-corrected chi connectivity index (χ1v) is 12.3. The summed E-state index contributed by atoms with van der Waals surface area (Å²) in [5, 5.41) is 0. The van der Waals surface area contributed by atoms with Gasteiger partial charge in [-0.25, -0.2) is 14.8 Å². The van der Waals surface area contributed by atoms with E-state index in [0.717, 1.165) is 42.7 Å². The molecule has 1 aliphatic rings. The van der Waals surface area contributed by atoms with Gasteiger partial charge in [0, 0.05) is 18.0 Å². The van der Waals surface area contributed by atoms with Crippen LogP contribution in [0.3, 0.4) is 0 Å². The summed E-state index contributed by atoms with van der Waals surface area (Å²) in [5.74, 6) is 1.29. The Balaban J connectivity index is 1.43. The summed E-state index contributed by atoms with van der Waals surface area (Å²) in [7, 11) is 0. The number of hydrogen-bond donors (Lipinski definition) is 0. The minimum atomic E-state index is -0.214. The summed E-state index contributed by atoms with van der Waals surface area (Å²) in [6.45, 7) is 4.41. The molecule has 0 N–H and O–H groups in total. The molecule has 1 fully saturated rings. The summed E-state index contributed by atoms with van der Waals surface area (Å²) in [6, 6.07) is 7.45. The van der Waals surface area contributed by atoms with Crippen LogP contribution in [0.4, 0.5) is 0 Å². The highest BCUT2D eigenvalue weighted by molar-refractivity contribution is 5.90. The van der Waals surface area contributed by atoms with Crippen LogP contribution in [0, 0.1) is 5.92 Å². The second-order valence-electron chi connectivity index (χ2n) is 8.99. The number of nitrogens with zero attached hydrogens (tertiary/aromatic N) is 2. The fraction of sp³-hybridized carbons (Fsp3) is 0.593. The van der Waals surface area contributed by atoms with Crippen LogP contribution in [-0.2, 0) is 11.2 Å². The zero-order valence-electron chi connectivity index (χ0n) is 19.3. The number of esters is 1. The molecule has 0 saturated heterocycles. The smallest absolute Gasteiger partial charge is 0.338 e. The molecule has 1 aromatic heterocycles. The van der Waals surface area contributed by atoms with Gasteiger partial charge in [-0.3, -0.25) is 0 Å². The number of carbonyl (C=O) groups is 1. The van der Waals surface area contributed by atoms with E-state index in [-0.39, 0.29) is 12.1 Å². The molecule has 0 bridgehead atoms.